The van der Waals surface area contributed by atoms with E-state index in [-0.39, 0.29) is 16.3 Å². The van der Waals surface area contributed by atoms with Crippen LogP contribution in [-0.2, 0) is 10.1 Å². The van der Waals surface area contributed by atoms with Gasteiger partial charge in [-0.1, -0.05) is 6.07 Å². The fourth-order valence-corrected chi connectivity index (χ4v) is 3.93. The van der Waals surface area contributed by atoms with Gasteiger partial charge in [-0.05, 0) is 41.8 Å². The molecular weight excluding hydrogens is 378 g/mol. The Kier molecular flexibility index (Phi) is 4.92. The number of ether oxygens (including phenoxy) is 1. The van der Waals surface area contributed by atoms with Crippen LogP contribution in [0.15, 0.2) is 64.9 Å². The Balaban J connectivity index is 2.01. The second kappa shape index (κ2) is 7.14. The van der Waals surface area contributed by atoms with Crippen molar-refractivity contribution in [2.75, 3.05) is 7.11 Å². The number of nitrogens with zero attached hydrogens (tertiary/aromatic N) is 1. The fraction of sp³-hybridized carbons (Fsp3) is 0.0588. The Morgan fingerprint density at radius 3 is 2.38 bits per heavy atom. The molecule has 3 rings (SSSR count). The lowest BCUT2D eigenvalue weighted by molar-refractivity contribution is -0.384. The Morgan fingerprint density at radius 1 is 1.08 bits per heavy atom. The minimum atomic E-state index is -4.11. The van der Waals surface area contributed by atoms with Crippen LogP contribution in [0.2, 0.25) is 0 Å². The summed E-state index contributed by atoms with van der Waals surface area (Å²) in [6, 6.07) is 13.0. The zero-order valence-corrected chi connectivity index (χ0v) is 15.1. The van der Waals surface area contributed by atoms with Crippen molar-refractivity contribution < 1.29 is 22.3 Å². The summed E-state index contributed by atoms with van der Waals surface area (Å²) in [6.45, 7) is 0. The number of hydrogen-bond acceptors (Lipinski definition) is 7. The van der Waals surface area contributed by atoms with E-state index in [2.05, 4.69) is 0 Å². The maximum absolute atomic E-state index is 12.5. The summed E-state index contributed by atoms with van der Waals surface area (Å²) < 4.78 is 35.4. The van der Waals surface area contributed by atoms with E-state index < -0.39 is 15.0 Å². The van der Waals surface area contributed by atoms with Crippen LogP contribution in [-0.4, -0.2) is 20.5 Å². The predicted octanol–water partition coefficient (Wildman–Crippen LogP) is 4.10. The molecule has 0 saturated heterocycles. The first-order valence-corrected chi connectivity index (χ1v) is 9.60. The highest BCUT2D eigenvalue weighted by atomic mass is 32.2. The number of nitro benzene ring substituents is 1. The van der Waals surface area contributed by atoms with Gasteiger partial charge in [-0.25, -0.2) is 0 Å². The molecule has 0 atom stereocenters. The third-order valence-electron chi connectivity index (χ3n) is 3.51. The van der Waals surface area contributed by atoms with Gasteiger partial charge in [0.25, 0.3) is 5.69 Å². The highest BCUT2D eigenvalue weighted by Crippen LogP contribution is 2.37. The van der Waals surface area contributed by atoms with Gasteiger partial charge in [-0.2, -0.15) is 8.42 Å². The van der Waals surface area contributed by atoms with E-state index in [1.54, 1.807) is 17.5 Å². The fourth-order valence-electron chi connectivity index (χ4n) is 2.24. The molecule has 3 aromatic rings. The third kappa shape index (κ3) is 3.68. The Morgan fingerprint density at radius 2 is 1.81 bits per heavy atom. The number of non-ortho nitro benzene ring substituents is 1. The first-order chi connectivity index (χ1) is 12.4. The average molecular weight is 391 g/mol. The first-order valence-electron chi connectivity index (χ1n) is 7.31. The van der Waals surface area contributed by atoms with E-state index in [0.29, 0.717) is 16.2 Å². The Hall–Kier alpha value is -2.91. The summed E-state index contributed by atoms with van der Waals surface area (Å²) in [4.78, 5) is 11.1. The highest BCUT2D eigenvalue weighted by Gasteiger charge is 2.21. The summed E-state index contributed by atoms with van der Waals surface area (Å²) in [5, 5.41) is 12.8. The first kappa shape index (κ1) is 17.9. The third-order valence-corrected chi connectivity index (χ3v) is 5.66. The van der Waals surface area contributed by atoms with Gasteiger partial charge in [0, 0.05) is 22.6 Å². The maximum Gasteiger partial charge on any atom is 0.339 e. The van der Waals surface area contributed by atoms with Crippen molar-refractivity contribution >= 4 is 27.1 Å². The van der Waals surface area contributed by atoms with Gasteiger partial charge < -0.3 is 8.92 Å². The number of benzene rings is 2. The van der Waals surface area contributed by atoms with Gasteiger partial charge in [0.2, 0.25) is 0 Å². The van der Waals surface area contributed by atoms with Crippen LogP contribution >= 0.6 is 11.3 Å². The van der Waals surface area contributed by atoms with E-state index >= 15 is 0 Å². The predicted molar refractivity (Wildman–Crippen MR) is 97.2 cm³/mol. The van der Waals surface area contributed by atoms with Crippen molar-refractivity contribution in [3.63, 3.8) is 0 Å². The molecule has 1 heterocycles. The van der Waals surface area contributed by atoms with Crippen molar-refractivity contribution in [1.29, 1.82) is 0 Å². The number of nitro groups is 1. The second-order valence-electron chi connectivity index (χ2n) is 5.13. The van der Waals surface area contributed by atoms with E-state index in [1.807, 2.05) is 0 Å². The average Bonchev–Trinajstić information content (AvgIpc) is 3.16. The molecule has 9 heteroatoms. The maximum atomic E-state index is 12.5. The van der Waals surface area contributed by atoms with Crippen molar-refractivity contribution in [3.8, 4) is 21.9 Å². The number of thiophene rings is 1. The van der Waals surface area contributed by atoms with Gasteiger partial charge in [0.1, 0.15) is 10.6 Å². The van der Waals surface area contributed by atoms with Gasteiger partial charge in [0.15, 0.2) is 5.75 Å². The van der Waals surface area contributed by atoms with Crippen LogP contribution in [0, 0.1) is 10.1 Å². The lowest BCUT2D eigenvalue weighted by atomic mass is 10.1. The molecule has 0 bridgehead atoms. The second-order valence-corrected chi connectivity index (χ2v) is 7.62. The SMILES string of the molecule is COc1ccc(S(=O)(=O)Oc2ccc([N+](=O)[O-])cc2-c2cccs2)cc1. The molecule has 134 valence electrons. The zero-order valence-electron chi connectivity index (χ0n) is 13.5. The van der Waals surface area contributed by atoms with Crippen molar-refractivity contribution in [2.45, 2.75) is 4.90 Å². The van der Waals surface area contributed by atoms with Gasteiger partial charge in [0.05, 0.1) is 12.0 Å². The van der Waals surface area contributed by atoms with Crippen LogP contribution in [0.5, 0.6) is 11.5 Å². The lowest BCUT2D eigenvalue weighted by Gasteiger charge is -2.11. The summed E-state index contributed by atoms with van der Waals surface area (Å²) in [6.07, 6.45) is 0. The molecule has 0 saturated carbocycles. The van der Waals surface area contributed by atoms with Crippen LogP contribution < -0.4 is 8.92 Å². The highest BCUT2D eigenvalue weighted by molar-refractivity contribution is 7.87. The van der Waals surface area contributed by atoms with Gasteiger partial charge >= 0.3 is 10.1 Å². The summed E-state index contributed by atoms with van der Waals surface area (Å²) in [5.74, 6) is 0.535. The van der Waals surface area contributed by atoms with Crippen molar-refractivity contribution in [3.05, 3.63) is 70.1 Å². The molecule has 0 unspecified atom stereocenters. The monoisotopic (exact) mass is 391 g/mol. The molecule has 0 amide bonds. The molecule has 0 aliphatic carbocycles. The van der Waals surface area contributed by atoms with Crippen molar-refractivity contribution in [2.24, 2.45) is 0 Å². The molecule has 26 heavy (non-hydrogen) atoms. The molecule has 0 aliphatic heterocycles. The summed E-state index contributed by atoms with van der Waals surface area (Å²) in [7, 11) is -2.63. The standard InChI is InChI=1S/C17H13NO6S2/c1-23-13-5-7-14(8-6-13)26(21,22)24-16-9-4-12(18(19)20)11-15(16)17-3-2-10-25-17/h2-11H,1H3. The lowest BCUT2D eigenvalue weighted by Crippen LogP contribution is -2.10. The molecule has 1 aromatic heterocycles. The summed E-state index contributed by atoms with van der Waals surface area (Å²) in [5.41, 5.74) is 0.189. The Bertz CT molecular complexity index is 1030. The van der Waals surface area contributed by atoms with E-state index in [1.165, 1.54) is 60.9 Å². The topological polar surface area (TPSA) is 95.7 Å². The quantitative estimate of drug-likeness (QED) is 0.357. The molecule has 0 spiro atoms. The molecular formula is C17H13NO6S2. The zero-order chi connectivity index (χ0) is 18.7. The molecule has 2 aromatic carbocycles. The van der Waals surface area contributed by atoms with E-state index in [9.17, 15) is 18.5 Å². The minimum absolute atomic E-state index is 0.0221. The van der Waals surface area contributed by atoms with Gasteiger partial charge in [-0.15, -0.1) is 11.3 Å². The number of methoxy groups -OCH3 is 1. The van der Waals surface area contributed by atoms with Crippen LogP contribution in [0.1, 0.15) is 0 Å². The minimum Gasteiger partial charge on any atom is -0.497 e. The molecule has 0 fully saturated rings. The largest absolute Gasteiger partial charge is 0.497 e. The van der Waals surface area contributed by atoms with E-state index in [0.717, 1.165) is 0 Å². The van der Waals surface area contributed by atoms with Crippen LogP contribution in [0.3, 0.4) is 0 Å². The Labute approximate surface area is 153 Å². The van der Waals surface area contributed by atoms with Crippen LogP contribution in [0.4, 0.5) is 5.69 Å². The van der Waals surface area contributed by atoms with Crippen LogP contribution in [0.25, 0.3) is 10.4 Å². The normalized spacial score (nSPS) is 11.1. The van der Waals surface area contributed by atoms with E-state index in [4.69, 9.17) is 8.92 Å². The number of hydrogen-bond donors (Lipinski definition) is 0. The smallest absolute Gasteiger partial charge is 0.339 e. The molecule has 0 N–H and O–H groups in total. The van der Waals surface area contributed by atoms with Crippen molar-refractivity contribution in [1.82, 2.24) is 0 Å². The molecule has 7 nitrogen and oxygen atoms in total. The van der Waals surface area contributed by atoms with Gasteiger partial charge in [-0.3, -0.25) is 10.1 Å². The molecule has 0 radical (unpaired) electrons. The number of rotatable bonds is 6. The molecule has 0 aliphatic rings. The summed E-state index contributed by atoms with van der Waals surface area (Å²) >= 11 is 1.32.